The largest absolute Gasteiger partial charge is 0.379 e. The third-order valence-electron chi connectivity index (χ3n) is 3.53. The molecule has 1 heterocycles. The molecule has 1 saturated heterocycles. The van der Waals surface area contributed by atoms with Gasteiger partial charge in [-0.1, -0.05) is 0 Å². The van der Waals surface area contributed by atoms with Gasteiger partial charge in [-0.15, -0.1) is 0 Å². The van der Waals surface area contributed by atoms with Crippen molar-refractivity contribution < 1.29 is 18.3 Å². The summed E-state index contributed by atoms with van der Waals surface area (Å²) in [6, 6.07) is 0. The lowest BCUT2D eigenvalue weighted by atomic mass is 10.1. The van der Waals surface area contributed by atoms with Gasteiger partial charge in [0.05, 0.1) is 31.3 Å². The first kappa shape index (κ1) is 13.2. The van der Waals surface area contributed by atoms with E-state index >= 15 is 0 Å². The lowest BCUT2D eigenvalue weighted by molar-refractivity contribution is -0.0401. The van der Waals surface area contributed by atoms with E-state index in [0.29, 0.717) is 19.8 Å². The van der Waals surface area contributed by atoms with Gasteiger partial charge >= 0.3 is 0 Å². The standard InChI is InChI=1S/C12H21F2NO2/c1-10(2)17-9-11(7-12(11,13)14)8-15-3-5-16-6-4-15/h10H,3-9H2,1-2H3. The smallest absolute Gasteiger partial charge is 0.258 e. The Morgan fingerprint density at radius 1 is 1.29 bits per heavy atom. The van der Waals surface area contributed by atoms with Gasteiger partial charge < -0.3 is 9.47 Å². The fraction of sp³-hybridized carbons (Fsp3) is 1.00. The van der Waals surface area contributed by atoms with E-state index in [1.807, 2.05) is 13.8 Å². The number of hydrogen-bond donors (Lipinski definition) is 0. The van der Waals surface area contributed by atoms with Crippen LogP contribution < -0.4 is 0 Å². The first-order valence-electron chi connectivity index (χ1n) is 6.25. The van der Waals surface area contributed by atoms with Crippen LogP contribution in [0, 0.1) is 5.41 Å². The Morgan fingerprint density at radius 3 is 2.35 bits per heavy atom. The topological polar surface area (TPSA) is 21.7 Å². The second-order valence-corrected chi connectivity index (χ2v) is 5.41. The molecular formula is C12H21F2NO2. The van der Waals surface area contributed by atoms with Gasteiger partial charge in [0.1, 0.15) is 0 Å². The molecule has 0 spiro atoms. The van der Waals surface area contributed by atoms with E-state index in [2.05, 4.69) is 4.90 Å². The average molecular weight is 249 g/mol. The lowest BCUT2D eigenvalue weighted by Crippen LogP contribution is -2.42. The molecule has 0 aromatic rings. The molecule has 1 atom stereocenters. The Bertz CT molecular complexity index is 267. The van der Waals surface area contributed by atoms with Crippen LogP contribution in [0.1, 0.15) is 20.3 Å². The molecule has 0 aromatic carbocycles. The summed E-state index contributed by atoms with van der Waals surface area (Å²) in [4.78, 5) is 2.06. The molecule has 0 bridgehead atoms. The predicted molar refractivity (Wildman–Crippen MR) is 60.3 cm³/mol. The van der Waals surface area contributed by atoms with E-state index in [1.54, 1.807) is 0 Å². The first-order chi connectivity index (χ1) is 7.95. The number of nitrogens with zero attached hydrogens (tertiary/aromatic N) is 1. The van der Waals surface area contributed by atoms with Crippen molar-refractivity contribution in [2.75, 3.05) is 39.5 Å². The maximum atomic E-state index is 13.5. The molecule has 1 saturated carbocycles. The Hall–Kier alpha value is -0.260. The van der Waals surface area contributed by atoms with Crippen molar-refractivity contribution in [3.05, 3.63) is 0 Å². The summed E-state index contributed by atoms with van der Waals surface area (Å²) >= 11 is 0. The summed E-state index contributed by atoms with van der Waals surface area (Å²) in [6.45, 7) is 7.13. The number of morpholine rings is 1. The summed E-state index contributed by atoms with van der Waals surface area (Å²) < 4.78 is 37.7. The normalized spacial score (nSPS) is 33.0. The predicted octanol–water partition coefficient (Wildman–Crippen LogP) is 1.77. The third-order valence-corrected chi connectivity index (χ3v) is 3.53. The fourth-order valence-corrected chi connectivity index (χ4v) is 2.27. The number of hydrogen-bond acceptors (Lipinski definition) is 3. The minimum Gasteiger partial charge on any atom is -0.379 e. The zero-order chi connectivity index (χ0) is 12.5. The van der Waals surface area contributed by atoms with Crippen LogP contribution in [0.2, 0.25) is 0 Å². The van der Waals surface area contributed by atoms with Crippen molar-refractivity contribution in [2.45, 2.75) is 32.3 Å². The highest BCUT2D eigenvalue weighted by Gasteiger charge is 2.71. The highest BCUT2D eigenvalue weighted by Crippen LogP contribution is 2.61. The monoisotopic (exact) mass is 249 g/mol. The summed E-state index contributed by atoms with van der Waals surface area (Å²) in [5, 5.41) is 0. The molecule has 1 unspecified atom stereocenters. The van der Waals surface area contributed by atoms with Crippen molar-refractivity contribution >= 4 is 0 Å². The Labute approximate surface area is 101 Å². The minimum atomic E-state index is -2.56. The van der Waals surface area contributed by atoms with Crippen molar-refractivity contribution in [1.82, 2.24) is 4.90 Å². The maximum Gasteiger partial charge on any atom is 0.258 e. The minimum absolute atomic E-state index is 0.00737. The molecule has 100 valence electrons. The quantitative estimate of drug-likeness (QED) is 0.741. The van der Waals surface area contributed by atoms with E-state index in [4.69, 9.17) is 9.47 Å². The van der Waals surface area contributed by atoms with Gasteiger partial charge in [0, 0.05) is 26.1 Å². The molecule has 0 N–H and O–H groups in total. The van der Waals surface area contributed by atoms with Gasteiger partial charge in [0.2, 0.25) is 0 Å². The Balaban J connectivity index is 1.89. The van der Waals surface area contributed by atoms with Crippen molar-refractivity contribution in [2.24, 2.45) is 5.41 Å². The molecular weight excluding hydrogens is 228 g/mol. The van der Waals surface area contributed by atoms with Crippen LogP contribution in [0.5, 0.6) is 0 Å². The molecule has 5 heteroatoms. The van der Waals surface area contributed by atoms with Crippen LogP contribution in [0.25, 0.3) is 0 Å². The van der Waals surface area contributed by atoms with Crippen LogP contribution in [0.15, 0.2) is 0 Å². The average Bonchev–Trinajstić information content (AvgIpc) is 2.79. The van der Waals surface area contributed by atoms with Gasteiger partial charge in [-0.05, 0) is 13.8 Å². The molecule has 0 aromatic heterocycles. The van der Waals surface area contributed by atoms with Gasteiger partial charge in [-0.25, -0.2) is 8.78 Å². The Morgan fingerprint density at radius 2 is 1.88 bits per heavy atom. The van der Waals surface area contributed by atoms with Crippen molar-refractivity contribution in [1.29, 1.82) is 0 Å². The summed E-state index contributed by atoms with van der Waals surface area (Å²) in [5.41, 5.74) is -0.950. The fourth-order valence-electron chi connectivity index (χ4n) is 2.27. The maximum absolute atomic E-state index is 13.5. The number of halogens is 2. The number of ether oxygens (including phenoxy) is 2. The molecule has 0 amide bonds. The Kier molecular flexibility index (Phi) is 3.71. The highest BCUT2D eigenvalue weighted by molar-refractivity contribution is 5.11. The second-order valence-electron chi connectivity index (χ2n) is 5.41. The van der Waals surface area contributed by atoms with E-state index in [-0.39, 0.29) is 19.1 Å². The molecule has 0 radical (unpaired) electrons. The number of alkyl halides is 2. The zero-order valence-corrected chi connectivity index (χ0v) is 10.5. The van der Waals surface area contributed by atoms with Gasteiger partial charge in [-0.3, -0.25) is 4.90 Å². The molecule has 3 nitrogen and oxygen atoms in total. The third kappa shape index (κ3) is 2.95. The molecule has 2 aliphatic rings. The zero-order valence-electron chi connectivity index (χ0n) is 10.5. The summed E-state index contributed by atoms with van der Waals surface area (Å²) in [6.07, 6.45) is -0.0302. The summed E-state index contributed by atoms with van der Waals surface area (Å²) in [7, 11) is 0. The SMILES string of the molecule is CC(C)OCC1(CN2CCOCC2)CC1(F)F. The van der Waals surface area contributed by atoms with Crippen molar-refractivity contribution in [3.8, 4) is 0 Å². The first-order valence-corrected chi connectivity index (χ1v) is 6.25. The second kappa shape index (κ2) is 4.78. The van der Waals surface area contributed by atoms with Gasteiger partial charge in [0.15, 0.2) is 0 Å². The molecule has 1 aliphatic carbocycles. The lowest BCUT2D eigenvalue weighted by Gasteiger charge is -2.30. The van der Waals surface area contributed by atoms with E-state index < -0.39 is 11.3 Å². The van der Waals surface area contributed by atoms with Crippen LogP contribution in [0.3, 0.4) is 0 Å². The number of rotatable bonds is 5. The van der Waals surface area contributed by atoms with Crippen LogP contribution in [-0.2, 0) is 9.47 Å². The van der Waals surface area contributed by atoms with Crippen LogP contribution >= 0.6 is 0 Å². The van der Waals surface area contributed by atoms with E-state index in [9.17, 15) is 8.78 Å². The van der Waals surface area contributed by atoms with Crippen LogP contribution in [0.4, 0.5) is 8.78 Å². The van der Waals surface area contributed by atoms with E-state index in [0.717, 1.165) is 13.1 Å². The molecule has 2 rings (SSSR count). The highest BCUT2D eigenvalue weighted by atomic mass is 19.3. The van der Waals surface area contributed by atoms with Crippen molar-refractivity contribution in [3.63, 3.8) is 0 Å². The van der Waals surface area contributed by atoms with Gasteiger partial charge in [0.25, 0.3) is 5.92 Å². The molecule has 17 heavy (non-hydrogen) atoms. The summed E-state index contributed by atoms with van der Waals surface area (Å²) in [5.74, 6) is -2.56. The molecule has 1 aliphatic heterocycles. The van der Waals surface area contributed by atoms with Gasteiger partial charge in [-0.2, -0.15) is 0 Å². The van der Waals surface area contributed by atoms with E-state index in [1.165, 1.54) is 0 Å². The molecule has 2 fully saturated rings. The van der Waals surface area contributed by atoms with Crippen LogP contribution in [-0.4, -0.2) is 56.4 Å².